The van der Waals surface area contributed by atoms with E-state index in [1.807, 2.05) is 12.1 Å². The van der Waals surface area contributed by atoms with Crippen molar-refractivity contribution in [2.75, 3.05) is 42.9 Å². The highest BCUT2D eigenvalue weighted by molar-refractivity contribution is 7.89. The molecule has 14 nitrogen and oxygen atoms in total. The largest absolute Gasteiger partial charge is 0.419 e. The lowest BCUT2D eigenvalue weighted by Gasteiger charge is -2.42. The van der Waals surface area contributed by atoms with E-state index in [1.165, 1.54) is 61.6 Å². The molecule has 1 aliphatic carbocycles. The zero-order chi connectivity index (χ0) is 46.1. The van der Waals surface area contributed by atoms with Gasteiger partial charge in [-0.05, 0) is 138 Å². The van der Waals surface area contributed by atoms with Crippen LogP contribution in [0.2, 0.25) is 0 Å². The second kappa shape index (κ2) is 19.1. The quantitative estimate of drug-likeness (QED) is 0.0804. The van der Waals surface area contributed by atoms with Gasteiger partial charge in [0.2, 0.25) is 27.8 Å². The topological polar surface area (TPSA) is 175 Å². The van der Waals surface area contributed by atoms with Gasteiger partial charge in [0.1, 0.15) is 11.4 Å². The minimum absolute atomic E-state index is 0.00847. The van der Waals surface area contributed by atoms with Crippen molar-refractivity contribution in [2.45, 2.75) is 113 Å². The lowest BCUT2D eigenvalue weighted by atomic mass is 9.78. The Morgan fingerprint density at radius 1 is 0.877 bits per heavy atom. The Morgan fingerprint density at radius 3 is 2.18 bits per heavy atom. The van der Waals surface area contributed by atoms with Gasteiger partial charge in [0.15, 0.2) is 0 Å². The summed E-state index contributed by atoms with van der Waals surface area (Å²) in [5.74, 6) is -0.0995. The molecule has 4 aliphatic rings. The normalized spacial score (nSPS) is 22.3. The number of anilines is 3. The summed E-state index contributed by atoms with van der Waals surface area (Å²) in [5.41, 5.74) is -0.901. The van der Waals surface area contributed by atoms with E-state index in [0.717, 1.165) is 70.0 Å². The number of nitrogens with zero attached hydrogens (tertiary/aromatic N) is 6. The van der Waals surface area contributed by atoms with Crippen LogP contribution < -0.4 is 20.3 Å². The summed E-state index contributed by atoms with van der Waals surface area (Å²) in [7, 11) is -4.08. The number of halogens is 4. The molecule has 0 spiro atoms. The molecule has 2 aromatic heterocycles. The first kappa shape index (κ1) is 46.5. The van der Waals surface area contributed by atoms with Crippen LogP contribution in [0.4, 0.5) is 34.9 Å². The second-order valence-corrected chi connectivity index (χ2v) is 20.6. The lowest BCUT2D eigenvalue weighted by molar-refractivity contribution is -0.137. The van der Waals surface area contributed by atoms with Gasteiger partial charge >= 0.3 is 6.18 Å². The molecular formula is C46H57F4N9O5S. The Labute approximate surface area is 376 Å². The summed E-state index contributed by atoms with van der Waals surface area (Å²) in [6.45, 7) is 8.23. The minimum Gasteiger partial charge on any atom is -0.389 e. The van der Waals surface area contributed by atoms with E-state index in [-0.39, 0.29) is 52.4 Å². The minimum atomic E-state index is -4.81. The maximum Gasteiger partial charge on any atom is 0.419 e. The number of nitrogens with one attached hydrogen (secondary N) is 3. The number of aromatic nitrogens is 4. The molecule has 350 valence electrons. The van der Waals surface area contributed by atoms with E-state index in [0.29, 0.717) is 49.6 Å². The highest BCUT2D eigenvalue weighted by Crippen LogP contribution is 2.38. The number of amides is 2. The Kier molecular flexibility index (Phi) is 13.7. The van der Waals surface area contributed by atoms with E-state index in [1.54, 1.807) is 0 Å². The van der Waals surface area contributed by atoms with Crippen molar-refractivity contribution >= 4 is 39.2 Å². The summed E-state index contributed by atoms with van der Waals surface area (Å²) in [4.78, 5) is 36.4. The van der Waals surface area contributed by atoms with E-state index >= 15 is 4.39 Å². The van der Waals surface area contributed by atoms with Gasteiger partial charge in [-0.2, -0.15) is 18.3 Å². The van der Waals surface area contributed by atoms with Crippen LogP contribution in [0.1, 0.15) is 95.1 Å². The van der Waals surface area contributed by atoms with Crippen LogP contribution in [0.3, 0.4) is 0 Å². The standard InChI is InChI=1S/C46H57F4N9O5S/c1-45(2,62)28-59-27-33(24-52-59)42-38(46(48,49)50)25-51-44(55-42)53-40-13-11-36(23-39(40)47)65(63,64)56-34-7-3-29(4-8-34)26-57-19-15-30(16-20-57)31-17-21-58(22-18-31)35-9-5-32(6-10-35)37-12-14-41(60)54-43(37)61/h5-6,9-11,13,23-25,27,29-31,34,37,56,62H,3-4,7-8,12,14-22,26,28H2,1-2H3,(H,51,53,55)(H,54,60,61). The van der Waals surface area contributed by atoms with Crippen LogP contribution in [-0.4, -0.2) is 94.4 Å². The van der Waals surface area contributed by atoms with Crippen LogP contribution >= 0.6 is 0 Å². The molecule has 5 heterocycles. The van der Waals surface area contributed by atoms with E-state index in [2.05, 4.69) is 52.4 Å². The Balaban J connectivity index is 0.774. The van der Waals surface area contributed by atoms with Crippen LogP contribution in [0, 0.1) is 23.6 Å². The molecule has 0 bridgehead atoms. The summed E-state index contributed by atoms with van der Waals surface area (Å²) < 4.78 is 88.0. The smallest absolute Gasteiger partial charge is 0.389 e. The van der Waals surface area contributed by atoms with Crippen LogP contribution in [0.25, 0.3) is 11.3 Å². The Hall–Kier alpha value is -4.98. The van der Waals surface area contributed by atoms with E-state index in [9.17, 15) is 36.3 Å². The number of alkyl halides is 3. The third-order valence-corrected chi connectivity index (χ3v) is 15.0. The SMILES string of the molecule is CC(C)(O)Cn1cc(-c2nc(Nc3ccc(S(=O)(=O)NC4CCC(CN5CCC(C6CCN(c7ccc(C8CCC(=O)NC8=O)cc7)CC6)CC5)CC4)cc3F)ncc2C(F)(F)F)cn1. The first-order valence-electron chi connectivity index (χ1n) is 22.6. The molecule has 3 aliphatic heterocycles. The van der Waals surface area contributed by atoms with Gasteiger partial charge in [-0.3, -0.25) is 19.6 Å². The van der Waals surface area contributed by atoms with Gasteiger partial charge in [0, 0.05) is 55.7 Å². The lowest BCUT2D eigenvalue weighted by Crippen LogP contribution is -2.43. The predicted molar refractivity (Wildman–Crippen MR) is 236 cm³/mol. The highest BCUT2D eigenvalue weighted by Gasteiger charge is 2.37. The number of aliphatic hydroxyl groups is 1. The molecule has 4 N–H and O–H groups in total. The van der Waals surface area contributed by atoms with Crippen LogP contribution in [-0.2, 0) is 32.3 Å². The van der Waals surface area contributed by atoms with Crippen molar-refractivity contribution in [1.29, 1.82) is 0 Å². The number of likely N-dealkylation sites (tertiary alicyclic amines) is 1. The molecule has 2 amide bonds. The number of carbonyl (C=O) groups excluding carboxylic acids is 2. The predicted octanol–water partition coefficient (Wildman–Crippen LogP) is 7.00. The van der Waals surface area contributed by atoms with E-state index < -0.39 is 38.9 Å². The molecule has 1 atom stereocenters. The average Bonchev–Trinajstić information content (AvgIpc) is 3.72. The molecule has 8 rings (SSSR count). The van der Waals surface area contributed by atoms with Gasteiger partial charge in [-0.1, -0.05) is 12.1 Å². The number of benzene rings is 2. The van der Waals surface area contributed by atoms with Crippen LogP contribution in [0.15, 0.2) is 66.0 Å². The molecule has 1 saturated carbocycles. The van der Waals surface area contributed by atoms with E-state index in [4.69, 9.17) is 0 Å². The zero-order valence-electron chi connectivity index (χ0n) is 36.7. The van der Waals surface area contributed by atoms with Crippen molar-refractivity contribution < 1.29 is 40.7 Å². The molecule has 3 saturated heterocycles. The van der Waals surface area contributed by atoms with Crippen molar-refractivity contribution in [1.82, 2.24) is 34.7 Å². The van der Waals surface area contributed by atoms with Crippen molar-refractivity contribution in [3.8, 4) is 11.3 Å². The maximum atomic E-state index is 15.4. The fourth-order valence-corrected chi connectivity index (χ4v) is 11.3. The van der Waals surface area contributed by atoms with Crippen LogP contribution in [0.5, 0.6) is 0 Å². The Morgan fingerprint density at radius 2 is 1.55 bits per heavy atom. The Bertz CT molecular complexity index is 2440. The number of hydrogen-bond acceptors (Lipinski definition) is 11. The molecule has 2 aromatic carbocycles. The second-order valence-electron chi connectivity index (χ2n) is 18.9. The molecular weight excluding hydrogens is 867 g/mol. The van der Waals surface area contributed by atoms with Gasteiger partial charge in [-0.15, -0.1) is 0 Å². The van der Waals surface area contributed by atoms with Gasteiger partial charge < -0.3 is 20.2 Å². The van der Waals surface area contributed by atoms with Crippen molar-refractivity contribution in [3.63, 3.8) is 0 Å². The number of rotatable bonds is 13. The maximum absolute atomic E-state index is 15.4. The number of carbonyl (C=O) groups is 2. The zero-order valence-corrected chi connectivity index (χ0v) is 37.5. The molecule has 0 radical (unpaired) electrons. The molecule has 1 unspecified atom stereocenters. The molecule has 4 fully saturated rings. The third-order valence-electron chi connectivity index (χ3n) is 13.5. The number of hydrogen-bond donors (Lipinski definition) is 4. The first-order chi connectivity index (χ1) is 30.9. The summed E-state index contributed by atoms with van der Waals surface area (Å²) in [6, 6.07) is 11.2. The monoisotopic (exact) mass is 923 g/mol. The summed E-state index contributed by atoms with van der Waals surface area (Å²) in [6.07, 6.45) is 6.98. The first-order valence-corrected chi connectivity index (χ1v) is 24.0. The van der Waals surface area contributed by atoms with Gasteiger partial charge in [0.05, 0.1) is 40.5 Å². The highest BCUT2D eigenvalue weighted by atomic mass is 32.2. The number of imide groups is 1. The molecule has 19 heteroatoms. The molecule has 4 aromatic rings. The van der Waals surface area contributed by atoms with Gasteiger partial charge in [0.25, 0.3) is 0 Å². The number of sulfonamides is 1. The van der Waals surface area contributed by atoms with Crippen molar-refractivity contribution in [3.05, 3.63) is 78.0 Å². The molecule has 65 heavy (non-hydrogen) atoms. The summed E-state index contributed by atoms with van der Waals surface area (Å²) >= 11 is 0. The number of piperidine rings is 3. The fraction of sp³-hybridized carbons (Fsp3) is 0.543. The average molecular weight is 924 g/mol. The fourth-order valence-electron chi connectivity index (χ4n) is 10.0. The van der Waals surface area contributed by atoms with Crippen molar-refractivity contribution in [2.24, 2.45) is 17.8 Å². The summed E-state index contributed by atoms with van der Waals surface area (Å²) in [5, 5.41) is 19.2. The third kappa shape index (κ3) is 11.5. The van der Waals surface area contributed by atoms with Gasteiger partial charge in [-0.25, -0.2) is 27.5 Å².